The van der Waals surface area contributed by atoms with Gasteiger partial charge in [0.05, 0.1) is 10.6 Å². The van der Waals surface area contributed by atoms with Crippen LogP contribution in [-0.4, -0.2) is 42.8 Å². The molecule has 0 unspecified atom stereocenters. The molecule has 1 aromatic carbocycles. The van der Waals surface area contributed by atoms with Crippen LogP contribution in [0.3, 0.4) is 0 Å². The largest absolute Gasteiger partial charge is 0.417 e. The Morgan fingerprint density at radius 2 is 1.87 bits per heavy atom. The van der Waals surface area contributed by atoms with Gasteiger partial charge < -0.3 is 10.4 Å². The van der Waals surface area contributed by atoms with Gasteiger partial charge >= 0.3 is 6.18 Å². The number of piperazine rings is 1. The molecule has 0 spiro atoms. The Bertz CT molecular complexity index is 543. The van der Waals surface area contributed by atoms with Gasteiger partial charge in [-0.05, 0) is 17.7 Å². The zero-order valence-corrected chi connectivity index (χ0v) is 14.0. The van der Waals surface area contributed by atoms with Crippen LogP contribution in [0.5, 0.6) is 0 Å². The van der Waals surface area contributed by atoms with E-state index in [-0.39, 0.29) is 17.7 Å². The van der Waals surface area contributed by atoms with Crippen molar-refractivity contribution in [1.82, 2.24) is 10.2 Å². The van der Waals surface area contributed by atoms with E-state index >= 15 is 0 Å². The van der Waals surface area contributed by atoms with E-state index in [1.54, 1.807) is 6.07 Å². The number of nitrogens with one attached hydrogen (secondary N) is 1. The molecule has 7 heteroatoms. The molecule has 0 bridgehead atoms. The number of halogens is 4. The van der Waals surface area contributed by atoms with Crippen LogP contribution in [-0.2, 0) is 6.18 Å². The zero-order valence-electron chi connectivity index (χ0n) is 13.3. The minimum atomic E-state index is -4.50. The molecule has 2 rings (SSSR count). The highest BCUT2D eigenvalue weighted by Gasteiger charge is 2.38. The van der Waals surface area contributed by atoms with Crippen molar-refractivity contribution in [2.75, 3.05) is 32.8 Å². The van der Waals surface area contributed by atoms with Gasteiger partial charge in [0.25, 0.3) is 0 Å². The van der Waals surface area contributed by atoms with Crippen molar-refractivity contribution in [3.05, 3.63) is 34.3 Å². The van der Waals surface area contributed by atoms with Gasteiger partial charge in [0.2, 0.25) is 0 Å². The van der Waals surface area contributed by atoms with Gasteiger partial charge in [0.15, 0.2) is 0 Å². The second-order valence-corrected chi connectivity index (χ2v) is 6.98. The van der Waals surface area contributed by atoms with E-state index in [1.807, 2.05) is 13.8 Å². The first-order chi connectivity index (χ1) is 10.7. The summed E-state index contributed by atoms with van der Waals surface area (Å²) in [6.07, 6.45) is -4.50. The van der Waals surface area contributed by atoms with Crippen LogP contribution in [0, 0.1) is 5.41 Å². The first-order valence-electron chi connectivity index (χ1n) is 7.59. The van der Waals surface area contributed by atoms with Crippen molar-refractivity contribution >= 4 is 11.6 Å². The zero-order chi connectivity index (χ0) is 17.3. The lowest BCUT2D eigenvalue weighted by molar-refractivity contribution is -0.137. The third-order valence-corrected chi connectivity index (χ3v) is 4.61. The molecule has 1 heterocycles. The molecule has 0 radical (unpaired) electrons. The molecule has 3 nitrogen and oxygen atoms in total. The maximum atomic E-state index is 13.2. The minimum Gasteiger partial charge on any atom is -0.396 e. The Labute approximate surface area is 139 Å². The van der Waals surface area contributed by atoms with Gasteiger partial charge in [0, 0.05) is 44.2 Å². The molecule has 0 aliphatic carbocycles. The Balaban J connectivity index is 2.47. The molecule has 1 aliphatic rings. The molecule has 0 amide bonds. The number of nitrogens with zero attached hydrogens (tertiary/aromatic N) is 1. The fourth-order valence-corrected chi connectivity index (χ4v) is 3.34. The molecule has 2 N–H and O–H groups in total. The lowest BCUT2D eigenvalue weighted by atomic mass is 9.79. The normalized spacial score (nSPS) is 18.9. The second-order valence-electron chi connectivity index (χ2n) is 6.57. The number of alkyl halides is 3. The Hall–Kier alpha value is -0.820. The molecule has 1 aromatic rings. The van der Waals surface area contributed by atoms with E-state index in [0.29, 0.717) is 5.56 Å². The van der Waals surface area contributed by atoms with Crippen LogP contribution >= 0.6 is 11.6 Å². The van der Waals surface area contributed by atoms with Crippen LogP contribution < -0.4 is 5.32 Å². The molecule has 23 heavy (non-hydrogen) atoms. The molecule has 0 saturated carbocycles. The maximum Gasteiger partial charge on any atom is 0.417 e. The monoisotopic (exact) mass is 350 g/mol. The Morgan fingerprint density at radius 3 is 2.39 bits per heavy atom. The highest BCUT2D eigenvalue weighted by molar-refractivity contribution is 6.31. The third-order valence-electron chi connectivity index (χ3n) is 4.28. The summed E-state index contributed by atoms with van der Waals surface area (Å²) in [6, 6.07) is 3.73. The first-order valence-corrected chi connectivity index (χ1v) is 7.97. The average Bonchev–Trinajstić information content (AvgIpc) is 2.49. The van der Waals surface area contributed by atoms with Crippen molar-refractivity contribution in [3.8, 4) is 0 Å². The smallest absolute Gasteiger partial charge is 0.396 e. The van der Waals surface area contributed by atoms with E-state index < -0.39 is 17.2 Å². The van der Waals surface area contributed by atoms with Gasteiger partial charge in [-0.1, -0.05) is 31.5 Å². The molecule has 1 atom stereocenters. The van der Waals surface area contributed by atoms with Crippen LogP contribution in [0.1, 0.15) is 31.0 Å². The summed E-state index contributed by atoms with van der Waals surface area (Å²) >= 11 is 5.73. The average molecular weight is 351 g/mol. The molecular formula is C16H22ClF3N2O. The van der Waals surface area contributed by atoms with Gasteiger partial charge in [-0.2, -0.15) is 13.2 Å². The van der Waals surface area contributed by atoms with Crippen molar-refractivity contribution in [3.63, 3.8) is 0 Å². The number of benzene rings is 1. The maximum absolute atomic E-state index is 13.2. The fourth-order valence-electron chi connectivity index (χ4n) is 3.11. The van der Waals surface area contributed by atoms with Crippen molar-refractivity contribution in [2.24, 2.45) is 5.41 Å². The number of hydrogen-bond donors (Lipinski definition) is 2. The van der Waals surface area contributed by atoms with Gasteiger partial charge in [-0.15, -0.1) is 0 Å². The van der Waals surface area contributed by atoms with Gasteiger partial charge in [0.1, 0.15) is 0 Å². The van der Waals surface area contributed by atoms with Gasteiger partial charge in [-0.3, -0.25) is 4.90 Å². The third kappa shape index (κ3) is 4.18. The number of aliphatic hydroxyl groups is 1. The number of hydrogen-bond acceptors (Lipinski definition) is 3. The van der Waals surface area contributed by atoms with E-state index in [0.717, 1.165) is 32.2 Å². The highest BCUT2D eigenvalue weighted by Crippen LogP contribution is 2.42. The predicted molar refractivity (Wildman–Crippen MR) is 84.5 cm³/mol. The second kappa shape index (κ2) is 6.97. The van der Waals surface area contributed by atoms with Crippen LogP contribution in [0.15, 0.2) is 18.2 Å². The van der Waals surface area contributed by atoms with Crippen molar-refractivity contribution in [2.45, 2.75) is 26.1 Å². The van der Waals surface area contributed by atoms with Crippen LogP contribution in [0.2, 0.25) is 5.02 Å². The quantitative estimate of drug-likeness (QED) is 0.874. The van der Waals surface area contributed by atoms with Crippen molar-refractivity contribution in [1.29, 1.82) is 0 Å². The fraction of sp³-hybridized carbons (Fsp3) is 0.625. The Morgan fingerprint density at radius 1 is 1.26 bits per heavy atom. The van der Waals surface area contributed by atoms with E-state index in [4.69, 9.17) is 11.6 Å². The predicted octanol–water partition coefficient (Wildman–Crippen LogP) is 3.32. The lowest BCUT2D eigenvalue weighted by Crippen LogP contribution is -2.49. The summed E-state index contributed by atoms with van der Waals surface area (Å²) in [5.41, 5.74) is -0.873. The lowest BCUT2D eigenvalue weighted by Gasteiger charge is -2.43. The first kappa shape index (κ1) is 18.5. The summed E-state index contributed by atoms with van der Waals surface area (Å²) in [5, 5.41) is 12.7. The molecule has 1 fully saturated rings. The molecule has 1 aliphatic heterocycles. The highest BCUT2D eigenvalue weighted by atomic mass is 35.5. The SMILES string of the molecule is CC(C)(CO)[C@@H](c1ccc(Cl)c(C(F)(F)F)c1)N1CCNCC1. The minimum absolute atomic E-state index is 0.119. The molecule has 0 aromatic heterocycles. The van der Waals surface area contributed by atoms with E-state index in [2.05, 4.69) is 10.2 Å². The summed E-state index contributed by atoms with van der Waals surface area (Å²) in [6.45, 7) is 6.60. The molecule has 130 valence electrons. The summed E-state index contributed by atoms with van der Waals surface area (Å²) in [4.78, 5) is 2.12. The Kier molecular flexibility index (Phi) is 5.61. The number of aliphatic hydroxyl groups excluding tert-OH is 1. The van der Waals surface area contributed by atoms with Gasteiger partial charge in [-0.25, -0.2) is 0 Å². The standard InChI is InChI=1S/C16H22ClF3N2O/c1-15(2,10-23)14(22-7-5-21-6-8-22)11-3-4-13(17)12(9-11)16(18,19)20/h3-4,9,14,21,23H,5-8,10H2,1-2H3/t14-/m1/s1. The summed E-state index contributed by atoms with van der Waals surface area (Å²) in [7, 11) is 0. The summed E-state index contributed by atoms with van der Waals surface area (Å²) in [5.74, 6) is 0. The van der Waals surface area contributed by atoms with Crippen LogP contribution in [0.25, 0.3) is 0 Å². The van der Waals surface area contributed by atoms with E-state index in [1.165, 1.54) is 6.07 Å². The molecular weight excluding hydrogens is 329 g/mol. The number of rotatable bonds is 4. The van der Waals surface area contributed by atoms with Crippen molar-refractivity contribution < 1.29 is 18.3 Å². The molecule has 1 saturated heterocycles. The van der Waals surface area contributed by atoms with Crippen LogP contribution in [0.4, 0.5) is 13.2 Å². The summed E-state index contributed by atoms with van der Waals surface area (Å²) < 4.78 is 39.5. The van der Waals surface area contributed by atoms with E-state index in [9.17, 15) is 18.3 Å². The topological polar surface area (TPSA) is 35.5 Å².